The van der Waals surface area contributed by atoms with E-state index in [0.29, 0.717) is 30.9 Å². The van der Waals surface area contributed by atoms with Gasteiger partial charge in [-0.05, 0) is 35.9 Å². The standard InChI is InChI=1S/C24H22FN3O2/c25-19-9-4-8-17(12-19)23(29)28-14-18-13-27(24(30)21-10-5-11-26-21)15-20(18)22(28)16-6-2-1-3-7-16/h1-12,18,20,22,26H,13-15H2/t18-,20-,22+/m0/s1. The van der Waals surface area contributed by atoms with E-state index in [-0.39, 0.29) is 29.7 Å². The van der Waals surface area contributed by atoms with Gasteiger partial charge in [0.25, 0.3) is 11.8 Å². The number of hydrogen-bond acceptors (Lipinski definition) is 2. The summed E-state index contributed by atoms with van der Waals surface area (Å²) in [5.41, 5.74) is 1.98. The normalized spacial score (nSPS) is 22.9. The molecule has 1 aromatic heterocycles. The molecule has 0 unspecified atom stereocenters. The van der Waals surface area contributed by atoms with Crippen molar-refractivity contribution >= 4 is 11.8 Å². The topological polar surface area (TPSA) is 56.4 Å². The summed E-state index contributed by atoms with van der Waals surface area (Å²) in [4.78, 5) is 32.8. The summed E-state index contributed by atoms with van der Waals surface area (Å²) in [5, 5.41) is 0. The van der Waals surface area contributed by atoms with E-state index in [2.05, 4.69) is 4.98 Å². The summed E-state index contributed by atoms with van der Waals surface area (Å²) in [6.07, 6.45) is 1.75. The van der Waals surface area contributed by atoms with E-state index in [0.717, 1.165) is 5.56 Å². The van der Waals surface area contributed by atoms with Crippen molar-refractivity contribution in [1.29, 1.82) is 0 Å². The zero-order chi connectivity index (χ0) is 20.7. The van der Waals surface area contributed by atoms with E-state index in [9.17, 15) is 14.0 Å². The fraction of sp³-hybridized carbons (Fsp3) is 0.250. The Morgan fingerprint density at radius 1 is 0.900 bits per heavy atom. The molecule has 2 aliphatic rings. The molecule has 0 saturated carbocycles. The largest absolute Gasteiger partial charge is 0.357 e. The first-order chi connectivity index (χ1) is 14.6. The Morgan fingerprint density at radius 2 is 1.73 bits per heavy atom. The van der Waals surface area contributed by atoms with Crippen LogP contribution in [0.5, 0.6) is 0 Å². The number of carbonyl (C=O) groups excluding carboxylic acids is 2. The third kappa shape index (κ3) is 3.18. The number of aromatic nitrogens is 1. The number of aromatic amines is 1. The number of nitrogens with zero attached hydrogens (tertiary/aromatic N) is 2. The maximum Gasteiger partial charge on any atom is 0.270 e. The zero-order valence-electron chi connectivity index (χ0n) is 16.4. The van der Waals surface area contributed by atoms with Gasteiger partial charge in [0, 0.05) is 43.2 Å². The number of hydrogen-bond donors (Lipinski definition) is 1. The van der Waals surface area contributed by atoms with Crippen LogP contribution in [-0.2, 0) is 0 Å². The van der Waals surface area contributed by atoms with E-state index < -0.39 is 5.82 Å². The number of nitrogens with one attached hydrogen (secondary N) is 1. The summed E-state index contributed by atoms with van der Waals surface area (Å²) >= 11 is 0. The van der Waals surface area contributed by atoms with Crippen LogP contribution in [0, 0.1) is 17.7 Å². The Kier molecular flexibility index (Phi) is 4.62. The van der Waals surface area contributed by atoms with Crippen LogP contribution in [0.3, 0.4) is 0 Å². The van der Waals surface area contributed by atoms with Crippen LogP contribution in [0.15, 0.2) is 72.9 Å². The van der Waals surface area contributed by atoms with E-state index in [1.807, 2.05) is 46.2 Å². The van der Waals surface area contributed by atoms with E-state index >= 15 is 0 Å². The molecule has 3 aromatic rings. The zero-order valence-corrected chi connectivity index (χ0v) is 16.4. The molecule has 30 heavy (non-hydrogen) atoms. The molecule has 2 aliphatic heterocycles. The van der Waals surface area contributed by atoms with Gasteiger partial charge in [0.15, 0.2) is 0 Å². The minimum atomic E-state index is -0.417. The van der Waals surface area contributed by atoms with Gasteiger partial charge in [0.1, 0.15) is 11.5 Å². The van der Waals surface area contributed by atoms with Crippen molar-refractivity contribution in [3.8, 4) is 0 Å². The van der Waals surface area contributed by atoms with Crippen LogP contribution in [-0.4, -0.2) is 46.2 Å². The summed E-state index contributed by atoms with van der Waals surface area (Å²) in [5.74, 6) is -0.265. The van der Waals surface area contributed by atoms with E-state index in [4.69, 9.17) is 0 Å². The molecule has 1 N–H and O–H groups in total. The van der Waals surface area contributed by atoms with Crippen LogP contribution in [0.4, 0.5) is 4.39 Å². The van der Waals surface area contributed by atoms with Gasteiger partial charge in [-0.1, -0.05) is 36.4 Å². The van der Waals surface area contributed by atoms with Crippen LogP contribution in [0.2, 0.25) is 0 Å². The Bertz CT molecular complexity index is 1070. The summed E-state index contributed by atoms with van der Waals surface area (Å²) < 4.78 is 13.7. The molecule has 0 radical (unpaired) electrons. The van der Waals surface area contributed by atoms with Gasteiger partial charge in [-0.15, -0.1) is 0 Å². The smallest absolute Gasteiger partial charge is 0.270 e. The predicted octanol–water partition coefficient (Wildman–Crippen LogP) is 3.74. The van der Waals surface area contributed by atoms with Gasteiger partial charge in [-0.2, -0.15) is 0 Å². The van der Waals surface area contributed by atoms with Crippen molar-refractivity contribution in [2.45, 2.75) is 6.04 Å². The fourth-order valence-electron chi connectivity index (χ4n) is 4.92. The van der Waals surface area contributed by atoms with Crippen molar-refractivity contribution in [2.75, 3.05) is 19.6 Å². The lowest BCUT2D eigenvalue weighted by molar-refractivity contribution is 0.0675. The summed E-state index contributed by atoms with van der Waals surface area (Å²) in [6, 6.07) is 19.2. The second-order valence-corrected chi connectivity index (χ2v) is 8.04. The third-order valence-corrected chi connectivity index (χ3v) is 6.25. The number of rotatable bonds is 3. The van der Waals surface area contributed by atoms with Crippen LogP contribution in [0.25, 0.3) is 0 Å². The van der Waals surface area contributed by atoms with Gasteiger partial charge in [0.2, 0.25) is 0 Å². The lowest BCUT2D eigenvalue weighted by atomic mass is 9.89. The van der Waals surface area contributed by atoms with Gasteiger partial charge >= 0.3 is 0 Å². The number of likely N-dealkylation sites (tertiary alicyclic amines) is 2. The highest BCUT2D eigenvalue weighted by atomic mass is 19.1. The highest BCUT2D eigenvalue weighted by Crippen LogP contribution is 2.45. The average Bonchev–Trinajstić information content (AvgIpc) is 3.49. The fourth-order valence-corrected chi connectivity index (χ4v) is 4.92. The number of carbonyl (C=O) groups is 2. The first-order valence-electron chi connectivity index (χ1n) is 10.2. The van der Waals surface area contributed by atoms with Crippen molar-refractivity contribution in [3.05, 3.63) is 95.6 Å². The first-order valence-corrected chi connectivity index (χ1v) is 10.2. The van der Waals surface area contributed by atoms with Crippen molar-refractivity contribution in [1.82, 2.24) is 14.8 Å². The maximum absolute atomic E-state index is 13.7. The first kappa shape index (κ1) is 18.6. The SMILES string of the molecule is O=C(c1ccc[nH]1)N1C[C@H]2CN(C(=O)c3cccc(F)c3)[C@H](c3ccccc3)[C@H]2C1. The van der Waals surface area contributed by atoms with Crippen molar-refractivity contribution in [3.63, 3.8) is 0 Å². The number of fused-ring (bicyclic) bond motifs is 1. The predicted molar refractivity (Wildman–Crippen MR) is 110 cm³/mol. The molecule has 0 bridgehead atoms. The van der Waals surface area contributed by atoms with Crippen molar-refractivity contribution in [2.24, 2.45) is 11.8 Å². The van der Waals surface area contributed by atoms with Gasteiger partial charge < -0.3 is 14.8 Å². The number of benzene rings is 2. The summed E-state index contributed by atoms with van der Waals surface area (Å²) in [7, 11) is 0. The Balaban J connectivity index is 1.45. The highest BCUT2D eigenvalue weighted by molar-refractivity contribution is 5.95. The second-order valence-electron chi connectivity index (χ2n) is 8.04. The minimum Gasteiger partial charge on any atom is -0.357 e. The van der Waals surface area contributed by atoms with Crippen LogP contribution in [0.1, 0.15) is 32.5 Å². The molecule has 5 rings (SSSR count). The van der Waals surface area contributed by atoms with Crippen LogP contribution < -0.4 is 0 Å². The molecule has 2 amide bonds. The maximum atomic E-state index is 13.7. The number of amides is 2. The quantitative estimate of drug-likeness (QED) is 0.724. The van der Waals surface area contributed by atoms with Gasteiger partial charge in [-0.25, -0.2) is 4.39 Å². The average molecular weight is 403 g/mol. The minimum absolute atomic E-state index is 0.00998. The second kappa shape index (κ2) is 7.44. The van der Waals surface area contributed by atoms with E-state index in [1.54, 1.807) is 24.4 Å². The highest BCUT2D eigenvalue weighted by Gasteiger charge is 2.50. The Labute approximate surface area is 174 Å². The molecule has 0 aliphatic carbocycles. The molecule has 0 spiro atoms. The lowest BCUT2D eigenvalue weighted by Gasteiger charge is -2.30. The third-order valence-electron chi connectivity index (χ3n) is 6.25. The molecule has 2 fully saturated rings. The van der Waals surface area contributed by atoms with Crippen LogP contribution >= 0.6 is 0 Å². The molecule has 2 saturated heterocycles. The van der Waals surface area contributed by atoms with Gasteiger partial charge in [0.05, 0.1) is 6.04 Å². The number of halogens is 1. The molecule has 6 heteroatoms. The lowest BCUT2D eigenvalue weighted by Crippen LogP contribution is -2.37. The number of H-pyrrole nitrogens is 1. The van der Waals surface area contributed by atoms with Crippen molar-refractivity contribution < 1.29 is 14.0 Å². The molecule has 3 atom stereocenters. The molecular weight excluding hydrogens is 381 g/mol. The molecular formula is C24H22FN3O2. The molecule has 5 nitrogen and oxygen atoms in total. The molecule has 3 heterocycles. The summed E-state index contributed by atoms with van der Waals surface area (Å²) in [6.45, 7) is 1.75. The molecule has 152 valence electrons. The Hall–Kier alpha value is -3.41. The monoisotopic (exact) mass is 403 g/mol. The van der Waals surface area contributed by atoms with E-state index in [1.165, 1.54) is 12.1 Å². The van der Waals surface area contributed by atoms with Gasteiger partial charge in [-0.3, -0.25) is 9.59 Å². The Morgan fingerprint density at radius 3 is 2.47 bits per heavy atom. The molecule has 2 aromatic carbocycles.